The molecule has 1 aromatic carbocycles. The Labute approximate surface area is 180 Å². The van der Waals surface area contributed by atoms with Crippen LogP contribution in [0.4, 0.5) is 5.69 Å². The van der Waals surface area contributed by atoms with Crippen molar-refractivity contribution in [2.45, 2.75) is 51.0 Å². The SMILES string of the molecule is CNc1ccc(C(=O)NC2C(C)(C)C3CC[C@]2(C)C3)cc1S(=O)(=O)N(C)CCOC. The highest BCUT2D eigenvalue weighted by molar-refractivity contribution is 7.89. The zero-order valence-corrected chi connectivity index (χ0v) is 19.7. The summed E-state index contributed by atoms with van der Waals surface area (Å²) < 4.78 is 32.4. The quantitative estimate of drug-likeness (QED) is 0.653. The Morgan fingerprint density at radius 3 is 2.57 bits per heavy atom. The molecular formula is C22H35N3O4S. The standard InChI is InChI=1S/C22H35N3O4S/c1-21(2)16-9-10-22(3,14-16)20(21)24-19(26)15-7-8-17(23-4)18(13-15)30(27,28)25(5)11-12-29-6/h7-8,13,16,20,23H,9-12,14H2,1-6H3,(H,24,26)/t16?,20?,22-/m1/s1. The van der Waals surface area contributed by atoms with Gasteiger partial charge in [0.2, 0.25) is 10.0 Å². The maximum atomic E-state index is 13.2. The summed E-state index contributed by atoms with van der Waals surface area (Å²) in [5, 5.41) is 6.17. The molecule has 7 nitrogen and oxygen atoms in total. The summed E-state index contributed by atoms with van der Waals surface area (Å²) in [5.74, 6) is 0.394. The third kappa shape index (κ3) is 3.85. The van der Waals surface area contributed by atoms with Crippen molar-refractivity contribution in [3.8, 4) is 0 Å². The second kappa shape index (κ2) is 8.13. The van der Waals surface area contributed by atoms with Gasteiger partial charge in [0, 0.05) is 39.4 Å². The minimum atomic E-state index is -3.77. The number of nitrogens with zero attached hydrogens (tertiary/aromatic N) is 1. The molecule has 0 radical (unpaired) electrons. The number of benzene rings is 1. The largest absolute Gasteiger partial charge is 0.387 e. The first-order valence-corrected chi connectivity index (χ1v) is 12.0. The molecular weight excluding hydrogens is 402 g/mol. The third-order valence-electron chi connectivity index (χ3n) is 7.36. The van der Waals surface area contributed by atoms with E-state index in [1.165, 1.54) is 30.9 Å². The number of carbonyl (C=O) groups excluding carboxylic acids is 1. The number of nitrogens with one attached hydrogen (secondary N) is 2. The summed E-state index contributed by atoms with van der Waals surface area (Å²) >= 11 is 0. The second-order valence-electron chi connectivity index (χ2n) is 9.60. The second-order valence-corrected chi connectivity index (χ2v) is 11.6. The number of sulfonamides is 1. The first kappa shape index (κ1) is 23.0. The summed E-state index contributed by atoms with van der Waals surface area (Å²) in [5.41, 5.74) is 0.949. The maximum Gasteiger partial charge on any atom is 0.251 e. The van der Waals surface area contributed by atoms with Gasteiger partial charge in [-0.15, -0.1) is 0 Å². The number of amides is 1. The van der Waals surface area contributed by atoms with Crippen molar-refractivity contribution in [1.29, 1.82) is 0 Å². The number of hydrogen-bond acceptors (Lipinski definition) is 5. The van der Waals surface area contributed by atoms with E-state index in [4.69, 9.17) is 4.74 Å². The summed E-state index contributed by atoms with van der Waals surface area (Å²) in [6.45, 7) is 7.25. The number of anilines is 1. The lowest BCUT2D eigenvalue weighted by molar-refractivity contribution is 0.0737. The van der Waals surface area contributed by atoms with E-state index in [1.807, 2.05) is 0 Å². The van der Waals surface area contributed by atoms with Crippen molar-refractivity contribution in [2.75, 3.05) is 39.7 Å². The normalized spacial score (nSPS) is 27.4. The van der Waals surface area contributed by atoms with E-state index >= 15 is 0 Å². The first-order chi connectivity index (χ1) is 14.0. The van der Waals surface area contributed by atoms with Gasteiger partial charge in [-0.25, -0.2) is 8.42 Å². The Morgan fingerprint density at radius 1 is 1.30 bits per heavy atom. The summed E-state index contributed by atoms with van der Waals surface area (Å²) in [6.07, 6.45) is 3.46. The predicted octanol–water partition coefficient (Wildman–Crippen LogP) is 2.94. The van der Waals surface area contributed by atoms with Crippen molar-refractivity contribution < 1.29 is 17.9 Å². The lowest BCUT2D eigenvalue weighted by atomic mass is 9.68. The summed E-state index contributed by atoms with van der Waals surface area (Å²) in [6, 6.07) is 4.88. The van der Waals surface area contributed by atoms with E-state index in [1.54, 1.807) is 19.2 Å². The van der Waals surface area contributed by atoms with Crippen LogP contribution in [0.25, 0.3) is 0 Å². The highest BCUT2D eigenvalue weighted by Crippen LogP contribution is 2.62. The fourth-order valence-electron chi connectivity index (χ4n) is 5.47. The molecule has 0 aliphatic heterocycles. The van der Waals surface area contributed by atoms with Gasteiger partial charge >= 0.3 is 0 Å². The van der Waals surface area contributed by atoms with E-state index in [9.17, 15) is 13.2 Å². The number of fused-ring (bicyclic) bond motifs is 2. The zero-order chi connectivity index (χ0) is 22.3. The molecule has 0 spiro atoms. The third-order valence-corrected chi connectivity index (χ3v) is 9.25. The lowest BCUT2D eigenvalue weighted by Crippen LogP contribution is -2.52. The van der Waals surface area contributed by atoms with Gasteiger partial charge in [0.05, 0.1) is 12.3 Å². The number of hydrogen-bond donors (Lipinski definition) is 2. The molecule has 2 bridgehead atoms. The van der Waals surface area contributed by atoms with Crippen molar-refractivity contribution >= 4 is 21.6 Å². The molecule has 8 heteroatoms. The monoisotopic (exact) mass is 437 g/mol. The van der Waals surface area contributed by atoms with Crippen LogP contribution in [0, 0.1) is 16.7 Å². The Hall–Kier alpha value is -1.64. The molecule has 1 aromatic rings. The van der Waals surface area contributed by atoms with E-state index in [2.05, 4.69) is 31.4 Å². The minimum absolute atomic E-state index is 0.0306. The number of carbonyl (C=O) groups is 1. The topological polar surface area (TPSA) is 87.7 Å². The van der Waals surface area contributed by atoms with Crippen molar-refractivity contribution in [3.63, 3.8) is 0 Å². The van der Waals surface area contributed by atoms with Gasteiger partial charge in [-0.3, -0.25) is 4.79 Å². The average Bonchev–Trinajstić information content (AvgIpc) is 3.19. The van der Waals surface area contributed by atoms with Gasteiger partial charge in [-0.1, -0.05) is 20.8 Å². The highest BCUT2D eigenvalue weighted by atomic mass is 32.2. The van der Waals surface area contributed by atoms with Gasteiger partial charge in [0.15, 0.2) is 0 Å². The fraction of sp³-hybridized carbons (Fsp3) is 0.682. The molecule has 3 rings (SSSR count). The molecule has 2 N–H and O–H groups in total. The molecule has 0 heterocycles. The number of methoxy groups -OCH3 is 1. The maximum absolute atomic E-state index is 13.2. The van der Waals surface area contributed by atoms with Gasteiger partial charge in [0.25, 0.3) is 5.91 Å². The smallest absolute Gasteiger partial charge is 0.251 e. The van der Waals surface area contributed by atoms with Crippen LogP contribution in [-0.2, 0) is 14.8 Å². The van der Waals surface area contributed by atoms with Crippen LogP contribution >= 0.6 is 0 Å². The van der Waals surface area contributed by atoms with E-state index in [0.717, 1.165) is 12.8 Å². The van der Waals surface area contributed by atoms with Crippen LogP contribution in [0.5, 0.6) is 0 Å². The molecule has 30 heavy (non-hydrogen) atoms. The Kier molecular flexibility index (Phi) is 6.24. The molecule has 2 saturated carbocycles. The number of rotatable bonds is 8. The molecule has 2 aliphatic rings. The van der Waals surface area contributed by atoms with Crippen LogP contribution in [-0.4, -0.2) is 59.0 Å². The van der Waals surface area contributed by atoms with Crippen LogP contribution in [0.15, 0.2) is 23.1 Å². The first-order valence-electron chi connectivity index (χ1n) is 10.6. The molecule has 2 aliphatic carbocycles. The average molecular weight is 438 g/mol. The van der Waals surface area contributed by atoms with Gasteiger partial charge in [-0.2, -0.15) is 4.31 Å². The molecule has 2 fully saturated rings. The molecule has 3 atom stereocenters. The molecule has 2 unspecified atom stereocenters. The summed E-state index contributed by atoms with van der Waals surface area (Å²) in [4.78, 5) is 13.3. The molecule has 168 valence electrons. The van der Waals surface area contributed by atoms with Gasteiger partial charge in [-0.05, 0) is 54.2 Å². The van der Waals surface area contributed by atoms with Crippen LogP contribution < -0.4 is 10.6 Å². The van der Waals surface area contributed by atoms with Crippen LogP contribution in [0.3, 0.4) is 0 Å². The molecule has 1 amide bonds. The van der Waals surface area contributed by atoms with E-state index < -0.39 is 10.0 Å². The van der Waals surface area contributed by atoms with Crippen molar-refractivity contribution in [3.05, 3.63) is 23.8 Å². The van der Waals surface area contributed by atoms with Gasteiger partial charge in [0.1, 0.15) is 4.90 Å². The van der Waals surface area contributed by atoms with E-state index in [-0.39, 0.29) is 34.2 Å². The highest BCUT2D eigenvalue weighted by Gasteiger charge is 2.59. The van der Waals surface area contributed by atoms with Crippen LogP contribution in [0.1, 0.15) is 50.4 Å². The minimum Gasteiger partial charge on any atom is -0.387 e. The molecule has 0 saturated heterocycles. The van der Waals surface area contributed by atoms with Crippen molar-refractivity contribution in [2.24, 2.45) is 16.7 Å². The van der Waals surface area contributed by atoms with Gasteiger partial charge < -0.3 is 15.4 Å². The lowest BCUT2D eigenvalue weighted by Gasteiger charge is -2.43. The number of ether oxygens (including phenoxy) is 1. The predicted molar refractivity (Wildman–Crippen MR) is 118 cm³/mol. The zero-order valence-electron chi connectivity index (χ0n) is 18.9. The van der Waals surface area contributed by atoms with Crippen molar-refractivity contribution in [1.82, 2.24) is 9.62 Å². The Morgan fingerprint density at radius 2 is 2.00 bits per heavy atom. The Balaban J connectivity index is 1.89. The molecule has 0 aromatic heterocycles. The fourth-order valence-corrected chi connectivity index (χ4v) is 6.84. The summed E-state index contributed by atoms with van der Waals surface area (Å²) in [7, 11) is 0.942. The Bertz CT molecular complexity index is 910. The van der Waals surface area contributed by atoms with Crippen LogP contribution in [0.2, 0.25) is 0 Å². The van der Waals surface area contributed by atoms with E-state index in [0.29, 0.717) is 23.8 Å². The number of likely N-dealkylation sites (N-methyl/N-ethyl adjacent to an activating group) is 1.